The SMILES string of the molecule is Cc1ccc(OC(=O)C[C@@H]2CCS(=O)(=O)C2)c(C(=O)NCC(C)C)c1. The smallest absolute Gasteiger partial charge is 0.311 e. The molecule has 2 rings (SSSR count). The van der Waals surface area contributed by atoms with Crippen LogP contribution >= 0.6 is 0 Å². The molecule has 1 heterocycles. The van der Waals surface area contributed by atoms with Crippen molar-refractivity contribution in [2.24, 2.45) is 11.8 Å². The number of hydrogen-bond acceptors (Lipinski definition) is 5. The molecular weight excluding hydrogens is 342 g/mol. The number of carbonyl (C=O) groups excluding carboxylic acids is 2. The van der Waals surface area contributed by atoms with Crippen LogP contribution in [0.4, 0.5) is 0 Å². The molecule has 0 aromatic heterocycles. The van der Waals surface area contributed by atoms with Gasteiger partial charge in [0.25, 0.3) is 5.91 Å². The fourth-order valence-electron chi connectivity index (χ4n) is 2.74. The van der Waals surface area contributed by atoms with Crippen molar-refractivity contribution in [3.8, 4) is 5.75 Å². The van der Waals surface area contributed by atoms with Crippen molar-refractivity contribution in [2.75, 3.05) is 18.1 Å². The molecular formula is C18H25NO5S. The quantitative estimate of drug-likeness (QED) is 0.614. The van der Waals surface area contributed by atoms with Crippen molar-refractivity contribution in [1.29, 1.82) is 0 Å². The standard InChI is InChI=1S/C18H25NO5S/c1-12(2)10-19-18(21)15-8-13(3)4-5-16(15)24-17(20)9-14-6-7-25(22,23)11-14/h4-5,8,12,14H,6-7,9-11H2,1-3H3,(H,19,21)/t14-/m0/s1. The van der Waals surface area contributed by atoms with E-state index in [1.54, 1.807) is 18.2 Å². The first-order valence-corrected chi connectivity index (χ1v) is 10.3. The summed E-state index contributed by atoms with van der Waals surface area (Å²) < 4.78 is 28.3. The number of benzene rings is 1. The summed E-state index contributed by atoms with van der Waals surface area (Å²) in [7, 11) is -3.03. The van der Waals surface area contributed by atoms with Gasteiger partial charge in [0.2, 0.25) is 0 Å². The maximum atomic E-state index is 12.4. The van der Waals surface area contributed by atoms with E-state index in [2.05, 4.69) is 5.32 Å². The number of sulfone groups is 1. The minimum Gasteiger partial charge on any atom is -0.426 e. The van der Waals surface area contributed by atoms with Crippen molar-refractivity contribution >= 4 is 21.7 Å². The Bertz CT molecular complexity index is 755. The summed E-state index contributed by atoms with van der Waals surface area (Å²) in [5.74, 6) is -0.341. The molecule has 0 unspecified atom stereocenters. The highest BCUT2D eigenvalue weighted by Gasteiger charge is 2.30. The van der Waals surface area contributed by atoms with Crippen molar-refractivity contribution < 1.29 is 22.7 Å². The number of aryl methyl sites for hydroxylation is 1. The molecule has 1 aromatic carbocycles. The number of esters is 1. The lowest BCUT2D eigenvalue weighted by Crippen LogP contribution is -2.28. The minimum atomic E-state index is -3.03. The molecule has 1 amide bonds. The Kier molecular flexibility index (Phi) is 6.21. The van der Waals surface area contributed by atoms with Crippen LogP contribution in [0.5, 0.6) is 5.75 Å². The average molecular weight is 367 g/mol. The van der Waals surface area contributed by atoms with Gasteiger partial charge < -0.3 is 10.1 Å². The number of carbonyl (C=O) groups is 2. The summed E-state index contributed by atoms with van der Waals surface area (Å²) in [5, 5.41) is 2.81. The Balaban J connectivity index is 2.05. The monoisotopic (exact) mass is 367 g/mol. The van der Waals surface area contributed by atoms with Gasteiger partial charge in [0.05, 0.1) is 17.1 Å². The molecule has 25 heavy (non-hydrogen) atoms. The summed E-state index contributed by atoms with van der Waals surface area (Å²) >= 11 is 0. The van der Waals surface area contributed by atoms with Crippen LogP contribution in [0.1, 0.15) is 42.6 Å². The van der Waals surface area contributed by atoms with E-state index in [0.717, 1.165) is 5.56 Å². The van der Waals surface area contributed by atoms with Gasteiger partial charge in [-0.15, -0.1) is 0 Å². The van der Waals surface area contributed by atoms with Gasteiger partial charge in [0, 0.05) is 13.0 Å². The van der Waals surface area contributed by atoms with Gasteiger partial charge in [0.1, 0.15) is 5.75 Å². The first-order valence-electron chi connectivity index (χ1n) is 8.46. The number of hydrogen-bond donors (Lipinski definition) is 1. The lowest BCUT2D eigenvalue weighted by molar-refractivity contribution is -0.135. The molecule has 138 valence electrons. The molecule has 1 aliphatic heterocycles. The zero-order chi connectivity index (χ0) is 18.6. The van der Waals surface area contributed by atoms with Crippen molar-refractivity contribution in [2.45, 2.75) is 33.6 Å². The van der Waals surface area contributed by atoms with E-state index in [-0.39, 0.29) is 35.5 Å². The van der Waals surface area contributed by atoms with Gasteiger partial charge in [0.15, 0.2) is 9.84 Å². The van der Waals surface area contributed by atoms with Crippen molar-refractivity contribution in [3.05, 3.63) is 29.3 Å². The molecule has 0 bridgehead atoms. The van der Waals surface area contributed by atoms with Gasteiger partial charge in [-0.3, -0.25) is 9.59 Å². The fourth-order valence-corrected chi connectivity index (χ4v) is 4.60. The van der Waals surface area contributed by atoms with E-state index in [4.69, 9.17) is 4.74 Å². The fraction of sp³-hybridized carbons (Fsp3) is 0.556. The molecule has 0 saturated carbocycles. The number of nitrogens with one attached hydrogen (secondary N) is 1. The topological polar surface area (TPSA) is 89.5 Å². The van der Waals surface area contributed by atoms with Crippen molar-refractivity contribution in [3.63, 3.8) is 0 Å². The molecule has 6 nitrogen and oxygen atoms in total. The predicted octanol–water partition coefficient (Wildman–Crippen LogP) is 2.11. The Hall–Kier alpha value is -1.89. The van der Waals surface area contributed by atoms with Crippen LogP contribution in [-0.2, 0) is 14.6 Å². The second-order valence-electron chi connectivity index (χ2n) is 7.05. The molecule has 1 fully saturated rings. The third kappa shape index (κ3) is 5.85. The van der Waals surface area contributed by atoms with E-state index in [1.165, 1.54) is 0 Å². The van der Waals surface area contributed by atoms with Gasteiger partial charge in [-0.1, -0.05) is 25.5 Å². The van der Waals surface area contributed by atoms with Crippen LogP contribution in [-0.4, -0.2) is 38.3 Å². The number of amides is 1. The Morgan fingerprint density at radius 3 is 2.64 bits per heavy atom. The van der Waals surface area contributed by atoms with Crippen LogP contribution in [0.2, 0.25) is 0 Å². The molecule has 0 spiro atoms. The first kappa shape index (κ1) is 19.4. The number of rotatable bonds is 6. The lowest BCUT2D eigenvalue weighted by atomic mass is 10.1. The highest BCUT2D eigenvalue weighted by Crippen LogP contribution is 2.25. The average Bonchev–Trinajstić information content (AvgIpc) is 2.85. The zero-order valence-electron chi connectivity index (χ0n) is 14.9. The zero-order valence-corrected chi connectivity index (χ0v) is 15.7. The normalized spacial score (nSPS) is 19.0. The molecule has 1 aliphatic rings. The van der Waals surface area contributed by atoms with E-state index in [0.29, 0.717) is 24.4 Å². The van der Waals surface area contributed by atoms with Crippen LogP contribution in [0, 0.1) is 18.8 Å². The molecule has 0 radical (unpaired) electrons. The van der Waals surface area contributed by atoms with Crippen LogP contribution in [0.25, 0.3) is 0 Å². The summed E-state index contributed by atoms with van der Waals surface area (Å²) in [5.41, 5.74) is 1.20. The summed E-state index contributed by atoms with van der Waals surface area (Å²) in [6.45, 7) is 6.37. The minimum absolute atomic E-state index is 0.0255. The van der Waals surface area contributed by atoms with Crippen LogP contribution < -0.4 is 10.1 Å². The summed E-state index contributed by atoms with van der Waals surface area (Å²) in [4.78, 5) is 24.5. The predicted molar refractivity (Wildman–Crippen MR) is 95.4 cm³/mol. The highest BCUT2D eigenvalue weighted by atomic mass is 32.2. The first-order chi connectivity index (χ1) is 11.7. The summed E-state index contributed by atoms with van der Waals surface area (Å²) in [6, 6.07) is 5.04. The van der Waals surface area contributed by atoms with E-state index < -0.39 is 15.8 Å². The maximum Gasteiger partial charge on any atom is 0.311 e. The molecule has 1 saturated heterocycles. The van der Waals surface area contributed by atoms with E-state index in [9.17, 15) is 18.0 Å². The van der Waals surface area contributed by atoms with Crippen molar-refractivity contribution in [1.82, 2.24) is 5.32 Å². The summed E-state index contributed by atoms with van der Waals surface area (Å²) in [6.07, 6.45) is 0.521. The highest BCUT2D eigenvalue weighted by molar-refractivity contribution is 7.91. The third-order valence-corrected chi connectivity index (χ3v) is 5.89. The molecule has 1 N–H and O–H groups in total. The van der Waals surface area contributed by atoms with E-state index >= 15 is 0 Å². The Morgan fingerprint density at radius 1 is 1.32 bits per heavy atom. The second-order valence-corrected chi connectivity index (χ2v) is 9.28. The molecule has 7 heteroatoms. The van der Waals surface area contributed by atoms with E-state index in [1.807, 2.05) is 20.8 Å². The van der Waals surface area contributed by atoms with Gasteiger partial charge >= 0.3 is 5.97 Å². The van der Waals surface area contributed by atoms with Gasteiger partial charge in [-0.05, 0) is 37.3 Å². The second kappa shape index (κ2) is 7.99. The Labute approximate surface area is 148 Å². The van der Waals surface area contributed by atoms with Crippen LogP contribution in [0.15, 0.2) is 18.2 Å². The number of ether oxygens (including phenoxy) is 1. The third-order valence-electron chi connectivity index (χ3n) is 4.06. The largest absolute Gasteiger partial charge is 0.426 e. The Morgan fingerprint density at radius 2 is 2.04 bits per heavy atom. The maximum absolute atomic E-state index is 12.4. The van der Waals surface area contributed by atoms with Crippen LogP contribution in [0.3, 0.4) is 0 Å². The molecule has 0 aliphatic carbocycles. The van der Waals surface area contributed by atoms with Gasteiger partial charge in [-0.25, -0.2) is 8.42 Å². The molecule has 1 atom stereocenters. The molecule has 1 aromatic rings. The lowest BCUT2D eigenvalue weighted by Gasteiger charge is -2.13. The van der Waals surface area contributed by atoms with Gasteiger partial charge in [-0.2, -0.15) is 0 Å².